The Kier molecular flexibility index (Phi) is 6.83. The van der Waals surface area contributed by atoms with Crippen molar-refractivity contribution in [2.24, 2.45) is 0 Å². The van der Waals surface area contributed by atoms with E-state index >= 15 is 0 Å². The molecule has 0 saturated heterocycles. The Hall–Kier alpha value is -1.59. The number of rotatable bonds is 9. The molecule has 1 aromatic heterocycles. The summed E-state index contributed by atoms with van der Waals surface area (Å²) in [5.74, 6) is 0.504. The van der Waals surface area contributed by atoms with Gasteiger partial charge in [0.05, 0.1) is 13.2 Å². The van der Waals surface area contributed by atoms with Crippen molar-refractivity contribution in [1.82, 2.24) is 15.0 Å². The maximum Gasteiger partial charge on any atom is 0.324 e. The second kappa shape index (κ2) is 8.49. The van der Waals surface area contributed by atoms with Gasteiger partial charge in [-0.05, 0) is 19.3 Å². The average Bonchev–Trinajstić information content (AvgIpc) is 2.40. The van der Waals surface area contributed by atoms with E-state index in [0.717, 1.165) is 25.8 Å². The van der Waals surface area contributed by atoms with E-state index < -0.39 is 0 Å². The summed E-state index contributed by atoms with van der Waals surface area (Å²) >= 11 is 0. The van der Waals surface area contributed by atoms with Crippen LogP contribution in [0, 0.1) is 0 Å². The van der Waals surface area contributed by atoms with E-state index in [0.29, 0.717) is 31.2 Å². The van der Waals surface area contributed by atoms with Crippen LogP contribution in [0.15, 0.2) is 0 Å². The third-order valence-electron chi connectivity index (χ3n) is 2.00. The van der Waals surface area contributed by atoms with Crippen LogP contribution < -0.4 is 14.8 Å². The molecule has 0 aliphatic carbocycles. The molecule has 1 heterocycles. The normalized spacial score (nSPS) is 10.2. The maximum atomic E-state index is 5.41. The highest BCUT2D eigenvalue weighted by Gasteiger charge is 2.07. The molecular weight excluding hydrogens is 232 g/mol. The van der Waals surface area contributed by atoms with E-state index in [9.17, 15) is 0 Å². The molecule has 0 aromatic carbocycles. The monoisotopic (exact) mass is 254 g/mol. The Morgan fingerprint density at radius 2 is 1.39 bits per heavy atom. The zero-order valence-corrected chi connectivity index (χ0v) is 11.4. The SMILES string of the molecule is CCCNc1nc(OCCC)nc(OCCC)n1. The van der Waals surface area contributed by atoms with Crippen LogP contribution in [0.1, 0.15) is 40.0 Å². The zero-order chi connectivity index (χ0) is 13.2. The van der Waals surface area contributed by atoms with Gasteiger partial charge in [-0.2, -0.15) is 9.97 Å². The first kappa shape index (κ1) is 14.5. The van der Waals surface area contributed by atoms with Gasteiger partial charge in [0.2, 0.25) is 5.95 Å². The van der Waals surface area contributed by atoms with Crippen LogP contribution in [0.25, 0.3) is 0 Å². The minimum Gasteiger partial charge on any atom is -0.463 e. The van der Waals surface area contributed by atoms with Crippen LogP contribution in [0.5, 0.6) is 12.0 Å². The highest BCUT2D eigenvalue weighted by atomic mass is 16.5. The molecule has 0 amide bonds. The molecule has 18 heavy (non-hydrogen) atoms. The molecule has 0 saturated carbocycles. The van der Waals surface area contributed by atoms with E-state index in [1.807, 2.05) is 13.8 Å². The van der Waals surface area contributed by atoms with Gasteiger partial charge in [0.15, 0.2) is 0 Å². The van der Waals surface area contributed by atoms with Crippen LogP contribution in [0.4, 0.5) is 5.95 Å². The average molecular weight is 254 g/mol. The van der Waals surface area contributed by atoms with Gasteiger partial charge in [-0.1, -0.05) is 20.8 Å². The molecule has 0 aliphatic rings. The smallest absolute Gasteiger partial charge is 0.324 e. The van der Waals surface area contributed by atoms with Gasteiger partial charge in [-0.3, -0.25) is 0 Å². The summed E-state index contributed by atoms with van der Waals surface area (Å²) in [5, 5.41) is 3.11. The standard InChI is InChI=1S/C12H22N4O2/c1-4-7-13-10-14-11(17-8-5-2)16-12(15-10)18-9-6-3/h4-9H2,1-3H3,(H,13,14,15,16). The summed E-state index contributed by atoms with van der Waals surface area (Å²) in [4.78, 5) is 12.5. The Balaban J connectivity index is 2.74. The minimum absolute atomic E-state index is 0.316. The Labute approximate surface area is 108 Å². The summed E-state index contributed by atoms with van der Waals surface area (Å²) < 4.78 is 10.8. The summed E-state index contributed by atoms with van der Waals surface area (Å²) in [5.41, 5.74) is 0. The molecule has 1 N–H and O–H groups in total. The van der Waals surface area contributed by atoms with E-state index in [-0.39, 0.29) is 0 Å². The second-order valence-electron chi connectivity index (χ2n) is 3.85. The number of hydrogen-bond acceptors (Lipinski definition) is 6. The number of anilines is 1. The van der Waals surface area contributed by atoms with Crippen LogP contribution >= 0.6 is 0 Å². The van der Waals surface area contributed by atoms with E-state index in [2.05, 4.69) is 27.2 Å². The van der Waals surface area contributed by atoms with Crippen molar-refractivity contribution in [3.8, 4) is 12.0 Å². The molecular formula is C12H22N4O2. The summed E-state index contributed by atoms with van der Waals surface area (Å²) in [6.07, 6.45) is 2.82. The number of aromatic nitrogens is 3. The van der Waals surface area contributed by atoms with Gasteiger partial charge >= 0.3 is 12.0 Å². The summed E-state index contributed by atoms with van der Waals surface area (Å²) in [6, 6.07) is 0.633. The lowest BCUT2D eigenvalue weighted by Gasteiger charge is -2.09. The third-order valence-corrected chi connectivity index (χ3v) is 2.00. The first-order valence-electron chi connectivity index (χ1n) is 6.55. The van der Waals surface area contributed by atoms with E-state index in [1.54, 1.807) is 0 Å². The first-order valence-corrected chi connectivity index (χ1v) is 6.55. The Morgan fingerprint density at radius 1 is 0.833 bits per heavy atom. The van der Waals surface area contributed by atoms with Crippen molar-refractivity contribution in [3.63, 3.8) is 0 Å². The fraction of sp³-hybridized carbons (Fsp3) is 0.750. The molecule has 102 valence electrons. The molecule has 6 nitrogen and oxygen atoms in total. The number of hydrogen-bond donors (Lipinski definition) is 1. The predicted molar refractivity (Wildman–Crippen MR) is 70.2 cm³/mol. The molecule has 0 atom stereocenters. The topological polar surface area (TPSA) is 69.2 Å². The van der Waals surface area contributed by atoms with Crippen molar-refractivity contribution in [3.05, 3.63) is 0 Å². The third kappa shape index (κ3) is 5.16. The predicted octanol–water partition coefficient (Wildman–Crippen LogP) is 2.27. The van der Waals surface area contributed by atoms with Crippen molar-refractivity contribution in [2.45, 2.75) is 40.0 Å². The van der Waals surface area contributed by atoms with E-state index in [4.69, 9.17) is 9.47 Å². The van der Waals surface area contributed by atoms with Crippen molar-refractivity contribution < 1.29 is 9.47 Å². The second-order valence-corrected chi connectivity index (χ2v) is 3.85. The van der Waals surface area contributed by atoms with Crippen LogP contribution in [0.2, 0.25) is 0 Å². The van der Waals surface area contributed by atoms with Gasteiger partial charge in [-0.25, -0.2) is 0 Å². The quantitative estimate of drug-likeness (QED) is 0.729. The molecule has 6 heteroatoms. The number of nitrogens with one attached hydrogen (secondary N) is 1. The van der Waals surface area contributed by atoms with E-state index in [1.165, 1.54) is 0 Å². The molecule has 1 aromatic rings. The summed E-state index contributed by atoms with van der Waals surface area (Å²) in [7, 11) is 0. The fourth-order valence-corrected chi connectivity index (χ4v) is 1.17. The molecule has 1 rings (SSSR count). The van der Waals surface area contributed by atoms with Crippen LogP contribution in [0.3, 0.4) is 0 Å². The van der Waals surface area contributed by atoms with Crippen molar-refractivity contribution >= 4 is 5.95 Å². The zero-order valence-electron chi connectivity index (χ0n) is 11.4. The highest BCUT2D eigenvalue weighted by molar-refractivity contribution is 5.27. The Morgan fingerprint density at radius 3 is 1.83 bits per heavy atom. The number of ether oxygens (including phenoxy) is 2. The maximum absolute atomic E-state index is 5.41. The minimum atomic E-state index is 0.316. The van der Waals surface area contributed by atoms with Crippen molar-refractivity contribution in [1.29, 1.82) is 0 Å². The van der Waals surface area contributed by atoms with Crippen LogP contribution in [-0.2, 0) is 0 Å². The van der Waals surface area contributed by atoms with Gasteiger partial charge < -0.3 is 14.8 Å². The van der Waals surface area contributed by atoms with Gasteiger partial charge in [0.25, 0.3) is 0 Å². The van der Waals surface area contributed by atoms with Crippen molar-refractivity contribution in [2.75, 3.05) is 25.1 Å². The van der Waals surface area contributed by atoms with Gasteiger partial charge in [0, 0.05) is 6.54 Å². The lowest BCUT2D eigenvalue weighted by atomic mass is 10.5. The number of nitrogens with zero attached hydrogens (tertiary/aromatic N) is 3. The summed E-state index contributed by atoms with van der Waals surface area (Å²) in [6.45, 7) is 8.13. The van der Waals surface area contributed by atoms with Gasteiger partial charge in [-0.15, -0.1) is 4.98 Å². The highest BCUT2D eigenvalue weighted by Crippen LogP contribution is 2.13. The molecule has 0 spiro atoms. The largest absolute Gasteiger partial charge is 0.463 e. The Bertz CT molecular complexity index is 282. The first-order chi connectivity index (χ1) is 8.80. The molecule has 0 fully saturated rings. The van der Waals surface area contributed by atoms with Crippen LogP contribution in [-0.4, -0.2) is 34.7 Å². The lowest BCUT2D eigenvalue weighted by molar-refractivity contribution is 0.262. The molecule has 0 unspecified atom stereocenters. The van der Waals surface area contributed by atoms with Gasteiger partial charge in [0.1, 0.15) is 0 Å². The molecule has 0 radical (unpaired) electrons. The fourth-order valence-electron chi connectivity index (χ4n) is 1.17. The lowest BCUT2D eigenvalue weighted by Crippen LogP contribution is -2.10. The molecule has 0 bridgehead atoms. The molecule has 0 aliphatic heterocycles.